The molecule has 55 heavy (non-hydrogen) atoms. The number of benzene rings is 3. The molecular formula is C41H48N6O8. The Labute approximate surface area is 320 Å². The first-order valence-electron chi connectivity index (χ1n) is 18.9. The normalized spacial score (nSPS) is 21.9. The van der Waals surface area contributed by atoms with Gasteiger partial charge >= 0.3 is 0 Å². The van der Waals surface area contributed by atoms with Crippen molar-refractivity contribution in [2.75, 3.05) is 32.8 Å². The van der Waals surface area contributed by atoms with Crippen molar-refractivity contribution in [1.82, 2.24) is 31.5 Å². The van der Waals surface area contributed by atoms with Gasteiger partial charge in [0.15, 0.2) is 6.61 Å². The fourth-order valence-electron chi connectivity index (χ4n) is 6.61. The molecule has 1 saturated carbocycles. The van der Waals surface area contributed by atoms with E-state index in [1.54, 1.807) is 47.4 Å². The van der Waals surface area contributed by atoms with Crippen LogP contribution >= 0.6 is 0 Å². The van der Waals surface area contributed by atoms with Gasteiger partial charge in [0, 0.05) is 31.5 Å². The van der Waals surface area contributed by atoms with Crippen LogP contribution < -0.4 is 36.1 Å². The number of carbonyl (C=O) groups is 6. The van der Waals surface area contributed by atoms with E-state index in [1.165, 1.54) is 13.0 Å². The van der Waals surface area contributed by atoms with E-state index in [0.29, 0.717) is 43.0 Å². The van der Waals surface area contributed by atoms with Crippen LogP contribution in [-0.4, -0.2) is 96.9 Å². The van der Waals surface area contributed by atoms with Gasteiger partial charge in [-0.05, 0) is 80.5 Å². The third-order valence-corrected chi connectivity index (χ3v) is 10.0. The molecule has 5 N–H and O–H groups in total. The molecular weight excluding hydrogens is 704 g/mol. The summed E-state index contributed by atoms with van der Waals surface area (Å²) in [7, 11) is 0. The zero-order chi connectivity index (χ0) is 38.8. The molecule has 290 valence electrons. The van der Waals surface area contributed by atoms with Crippen LogP contribution in [0.5, 0.6) is 11.5 Å². The molecule has 3 atom stereocenters. The summed E-state index contributed by atoms with van der Waals surface area (Å²) in [6.45, 7) is 3.12. The highest BCUT2D eigenvalue weighted by molar-refractivity contribution is 6.00. The second-order valence-electron chi connectivity index (χ2n) is 14.3. The predicted molar refractivity (Wildman–Crippen MR) is 202 cm³/mol. The van der Waals surface area contributed by atoms with Crippen molar-refractivity contribution in [2.24, 2.45) is 0 Å². The van der Waals surface area contributed by atoms with E-state index < -0.39 is 47.3 Å². The zero-order valence-corrected chi connectivity index (χ0v) is 30.9. The summed E-state index contributed by atoms with van der Waals surface area (Å²) in [5, 5.41) is 14.0. The monoisotopic (exact) mass is 752 g/mol. The lowest BCUT2D eigenvalue weighted by molar-refractivity contribution is -0.134. The molecule has 1 spiro atoms. The van der Waals surface area contributed by atoms with Crippen molar-refractivity contribution >= 4 is 35.4 Å². The second kappa shape index (κ2) is 17.9. The minimum atomic E-state index is -1.11. The van der Waals surface area contributed by atoms with Crippen molar-refractivity contribution in [3.05, 3.63) is 95.6 Å². The Morgan fingerprint density at radius 2 is 1.62 bits per heavy atom. The molecule has 1 aliphatic carbocycles. The van der Waals surface area contributed by atoms with E-state index in [1.807, 2.05) is 30.3 Å². The molecule has 7 rings (SSSR count). The highest BCUT2D eigenvalue weighted by Gasteiger charge is 2.51. The van der Waals surface area contributed by atoms with Crippen LogP contribution in [0.4, 0.5) is 0 Å². The SMILES string of the molecule is C[C@@H]1NC(=O)[C@@H](NC(=O)c2cccc(OCC(=O)N3CCCCC3)c2)Cc2ccc(cc2)OCCNC(=O)C2(CC2)NC(=O)[C@@H](Cc2ccccc2)NC1=O. The molecule has 3 aliphatic heterocycles. The highest BCUT2D eigenvalue weighted by atomic mass is 16.5. The summed E-state index contributed by atoms with van der Waals surface area (Å²) in [5.74, 6) is -1.90. The molecule has 6 amide bonds. The van der Waals surface area contributed by atoms with Crippen LogP contribution in [0, 0.1) is 0 Å². The van der Waals surface area contributed by atoms with E-state index in [-0.39, 0.29) is 50.0 Å². The first-order chi connectivity index (χ1) is 26.6. The van der Waals surface area contributed by atoms with E-state index in [4.69, 9.17) is 9.47 Å². The minimum Gasteiger partial charge on any atom is -0.492 e. The van der Waals surface area contributed by atoms with E-state index in [9.17, 15) is 28.8 Å². The quantitative estimate of drug-likeness (QED) is 0.227. The van der Waals surface area contributed by atoms with Gasteiger partial charge in [-0.2, -0.15) is 0 Å². The molecule has 2 bridgehead atoms. The van der Waals surface area contributed by atoms with Gasteiger partial charge in [0.05, 0.1) is 6.54 Å². The molecule has 14 heteroatoms. The van der Waals surface area contributed by atoms with E-state index >= 15 is 0 Å². The number of nitrogens with one attached hydrogen (secondary N) is 5. The summed E-state index contributed by atoms with van der Waals surface area (Å²) in [5.41, 5.74) is 0.626. The third-order valence-electron chi connectivity index (χ3n) is 10.0. The number of likely N-dealkylation sites (tertiary alicyclic amines) is 1. The van der Waals surface area contributed by atoms with Crippen molar-refractivity contribution < 1.29 is 38.2 Å². The van der Waals surface area contributed by atoms with E-state index in [0.717, 1.165) is 24.8 Å². The largest absolute Gasteiger partial charge is 0.492 e. The van der Waals surface area contributed by atoms with Crippen molar-refractivity contribution in [3.63, 3.8) is 0 Å². The number of carbonyl (C=O) groups excluding carboxylic acids is 6. The molecule has 4 aliphatic rings. The van der Waals surface area contributed by atoms with Crippen LogP contribution in [0.25, 0.3) is 0 Å². The van der Waals surface area contributed by atoms with Crippen molar-refractivity contribution in [1.29, 1.82) is 0 Å². The van der Waals surface area contributed by atoms with Crippen LogP contribution in [-0.2, 0) is 36.8 Å². The fourth-order valence-corrected chi connectivity index (χ4v) is 6.61. The molecule has 3 aromatic rings. The highest BCUT2D eigenvalue weighted by Crippen LogP contribution is 2.35. The topological polar surface area (TPSA) is 184 Å². The molecule has 0 aromatic heterocycles. The van der Waals surface area contributed by atoms with Crippen LogP contribution in [0.1, 0.15) is 60.5 Å². The maximum absolute atomic E-state index is 13.9. The number of rotatable bonds is 7. The molecule has 0 unspecified atom stereocenters. The van der Waals surface area contributed by atoms with Crippen molar-refractivity contribution in [2.45, 2.75) is 75.5 Å². The number of ether oxygens (including phenoxy) is 2. The first-order valence-corrected chi connectivity index (χ1v) is 18.9. The number of amides is 6. The average Bonchev–Trinajstić information content (AvgIpc) is 3.99. The maximum Gasteiger partial charge on any atom is 0.260 e. The number of nitrogens with zero attached hydrogens (tertiary/aromatic N) is 1. The summed E-state index contributed by atoms with van der Waals surface area (Å²) < 4.78 is 11.6. The van der Waals surface area contributed by atoms with Gasteiger partial charge in [-0.25, -0.2) is 0 Å². The maximum atomic E-state index is 13.9. The van der Waals surface area contributed by atoms with Gasteiger partial charge in [0.25, 0.3) is 11.8 Å². The van der Waals surface area contributed by atoms with Gasteiger partial charge in [-0.15, -0.1) is 0 Å². The Bertz CT molecular complexity index is 1860. The fraction of sp³-hybridized carbons (Fsp3) is 0.415. The lowest BCUT2D eigenvalue weighted by Gasteiger charge is -2.26. The van der Waals surface area contributed by atoms with Crippen LogP contribution in [0.15, 0.2) is 78.9 Å². The van der Waals surface area contributed by atoms with Gasteiger partial charge in [-0.3, -0.25) is 28.8 Å². The molecule has 0 radical (unpaired) electrons. The Hall–Kier alpha value is -5.92. The Kier molecular flexibility index (Phi) is 12.7. The molecule has 3 aromatic carbocycles. The molecule has 1 saturated heterocycles. The van der Waals surface area contributed by atoms with Gasteiger partial charge in [0.2, 0.25) is 23.6 Å². The summed E-state index contributed by atoms with van der Waals surface area (Å²) in [6.07, 6.45) is 4.15. The molecule has 14 nitrogen and oxygen atoms in total. The number of fused-ring (bicyclic) bond motifs is 15. The number of piperidine rings is 1. The smallest absolute Gasteiger partial charge is 0.260 e. The Balaban J connectivity index is 1.18. The van der Waals surface area contributed by atoms with Crippen LogP contribution in [0.3, 0.4) is 0 Å². The van der Waals surface area contributed by atoms with Crippen molar-refractivity contribution in [3.8, 4) is 11.5 Å². The second-order valence-corrected chi connectivity index (χ2v) is 14.3. The van der Waals surface area contributed by atoms with Gasteiger partial charge in [-0.1, -0.05) is 48.5 Å². The number of hydrogen-bond donors (Lipinski definition) is 5. The lowest BCUT2D eigenvalue weighted by atomic mass is 10.0. The summed E-state index contributed by atoms with van der Waals surface area (Å²) >= 11 is 0. The summed E-state index contributed by atoms with van der Waals surface area (Å²) in [4.78, 5) is 82.3. The third kappa shape index (κ3) is 10.6. The molecule has 3 heterocycles. The average molecular weight is 753 g/mol. The lowest BCUT2D eigenvalue weighted by Crippen LogP contribution is -2.59. The van der Waals surface area contributed by atoms with Gasteiger partial charge in [0.1, 0.15) is 41.8 Å². The van der Waals surface area contributed by atoms with Gasteiger partial charge < -0.3 is 41.0 Å². The summed E-state index contributed by atoms with van der Waals surface area (Å²) in [6, 6.07) is 19.2. The zero-order valence-electron chi connectivity index (χ0n) is 30.9. The minimum absolute atomic E-state index is 0.0733. The first kappa shape index (κ1) is 38.8. The molecule has 2 fully saturated rings. The standard InChI is InChI=1S/C41H48N6O8/c1-27-36(49)44-34(23-28-9-4-2-5-10-28)39(52)46-41(17-18-41)40(53)42-19-22-54-31-15-13-29(14-16-31)24-33(38(51)43-27)45-37(50)30-11-8-12-32(25-30)55-26-35(48)47-20-6-3-7-21-47/h2,4-5,8-16,25,27,33-34H,3,6-7,17-24,26H2,1H3,(H,42,53)(H,43,51)(H,44,49)(H,45,50)(H,46,52)/t27-,33-,34+/m0/s1. The predicted octanol–water partition coefficient (Wildman–Crippen LogP) is 1.81. The number of hydrogen-bond acceptors (Lipinski definition) is 8. The Morgan fingerprint density at radius 1 is 0.873 bits per heavy atom. The van der Waals surface area contributed by atoms with Crippen LogP contribution in [0.2, 0.25) is 0 Å². The Morgan fingerprint density at radius 3 is 2.35 bits per heavy atom. The van der Waals surface area contributed by atoms with E-state index in [2.05, 4.69) is 26.6 Å².